The molecule has 2 rings (SSSR count). The minimum Gasteiger partial charge on any atom is -0.313 e. The van der Waals surface area contributed by atoms with Crippen molar-refractivity contribution < 1.29 is 0 Å². The minimum absolute atomic E-state index is 0.902. The van der Waals surface area contributed by atoms with Gasteiger partial charge in [0.25, 0.3) is 0 Å². The lowest BCUT2D eigenvalue weighted by atomic mass is 10.2. The highest BCUT2D eigenvalue weighted by molar-refractivity contribution is 9.10. The van der Waals surface area contributed by atoms with Crippen LogP contribution in [0.3, 0.4) is 0 Å². The van der Waals surface area contributed by atoms with E-state index < -0.39 is 0 Å². The molecule has 17 heavy (non-hydrogen) atoms. The Labute approximate surface area is 117 Å². The van der Waals surface area contributed by atoms with Crippen LogP contribution in [0, 0.1) is 0 Å². The van der Waals surface area contributed by atoms with Crippen molar-refractivity contribution in [1.29, 1.82) is 0 Å². The van der Waals surface area contributed by atoms with Crippen molar-refractivity contribution in [3.63, 3.8) is 0 Å². The molecule has 1 aromatic carbocycles. The number of benzene rings is 1. The van der Waals surface area contributed by atoms with Crippen LogP contribution in [0.1, 0.15) is 12.5 Å². The number of nitrogens with one attached hydrogen (secondary N) is 1. The van der Waals surface area contributed by atoms with Crippen molar-refractivity contribution >= 4 is 39.0 Å². The van der Waals surface area contributed by atoms with Crippen molar-refractivity contribution in [3.8, 4) is 0 Å². The lowest BCUT2D eigenvalue weighted by Crippen LogP contribution is -2.11. The van der Waals surface area contributed by atoms with Crippen LogP contribution in [0.5, 0.6) is 0 Å². The van der Waals surface area contributed by atoms with Crippen molar-refractivity contribution in [2.75, 3.05) is 6.54 Å². The molecule has 0 radical (unpaired) electrons. The SMILES string of the molecule is CCNCc1ccc(Sc2nncs2)c(Br)c1. The number of hydrogen-bond acceptors (Lipinski definition) is 5. The summed E-state index contributed by atoms with van der Waals surface area (Å²) in [4.78, 5) is 1.17. The first-order valence-corrected chi connectivity index (χ1v) is 7.71. The molecule has 0 atom stereocenters. The highest BCUT2D eigenvalue weighted by Crippen LogP contribution is 2.34. The summed E-state index contributed by atoms with van der Waals surface area (Å²) >= 11 is 6.78. The molecule has 0 fully saturated rings. The molecule has 3 nitrogen and oxygen atoms in total. The quantitative estimate of drug-likeness (QED) is 0.910. The maximum Gasteiger partial charge on any atom is 0.178 e. The first-order valence-electron chi connectivity index (χ1n) is 5.22. The Morgan fingerprint density at radius 1 is 1.47 bits per heavy atom. The molecule has 0 unspecified atom stereocenters. The van der Waals surface area contributed by atoms with Gasteiger partial charge in [-0.3, -0.25) is 0 Å². The van der Waals surface area contributed by atoms with Gasteiger partial charge in [-0.25, -0.2) is 0 Å². The van der Waals surface area contributed by atoms with E-state index in [0.717, 1.165) is 21.9 Å². The zero-order valence-corrected chi connectivity index (χ0v) is 12.5. The average molecular weight is 330 g/mol. The van der Waals surface area contributed by atoms with Crippen LogP contribution in [0.15, 0.2) is 37.4 Å². The first kappa shape index (κ1) is 13.0. The zero-order chi connectivity index (χ0) is 12.1. The minimum atomic E-state index is 0.902. The highest BCUT2D eigenvalue weighted by Gasteiger charge is 2.05. The predicted molar refractivity (Wildman–Crippen MR) is 75.6 cm³/mol. The Morgan fingerprint density at radius 2 is 2.35 bits per heavy atom. The fourth-order valence-electron chi connectivity index (χ4n) is 1.31. The summed E-state index contributed by atoms with van der Waals surface area (Å²) < 4.78 is 2.07. The maximum absolute atomic E-state index is 4.02. The summed E-state index contributed by atoms with van der Waals surface area (Å²) in [5, 5.41) is 11.2. The van der Waals surface area contributed by atoms with Crippen LogP contribution in [-0.2, 0) is 6.54 Å². The van der Waals surface area contributed by atoms with Crippen LogP contribution in [0.2, 0.25) is 0 Å². The van der Waals surface area contributed by atoms with Gasteiger partial charge in [0.15, 0.2) is 4.34 Å². The molecule has 0 aliphatic rings. The lowest BCUT2D eigenvalue weighted by molar-refractivity contribution is 0.726. The van der Waals surface area contributed by atoms with E-state index in [1.807, 2.05) is 0 Å². The summed E-state index contributed by atoms with van der Waals surface area (Å²) in [6.45, 7) is 3.99. The van der Waals surface area contributed by atoms with Crippen LogP contribution < -0.4 is 5.32 Å². The van der Waals surface area contributed by atoms with Crippen molar-refractivity contribution in [3.05, 3.63) is 33.7 Å². The molecule has 0 bridgehead atoms. The average Bonchev–Trinajstić information content (AvgIpc) is 2.82. The molecule has 0 saturated carbocycles. The Bertz CT molecular complexity index is 474. The summed E-state index contributed by atoms with van der Waals surface area (Å²) in [7, 11) is 0. The molecule has 0 spiro atoms. The van der Waals surface area contributed by atoms with E-state index in [0.29, 0.717) is 0 Å². The summed E-state index contributed by atoms with van der Waals surface area (Å²) in [5.74, 6) is 0. The van der Waals surface area contributed by atoms with Crippen molar-refractivity contribution in [1.82, 2.24) is 15.5 Å². The molecule has 0 amide bonds. The van der Waals surface area contributed by atoms with Gasteiger partial charge in [-0.2, -0.15) is 0 Å². The Kier molecular flexibility index (Phi) is 4.97. The molecule has 6 heteroatoms. The second kappa shape index (κ2) is 6.49. The van der Waals surface area contributed by atoms with Crippen molar-refractivity contribution in [2.24, 2.45) is 0 Å². The molecule has 1 heterocycles. The van der Waals surface area contributed by atoms with Crippen molar-refractivity contribution in [2.45, 2.75) is 22.7 Å². The molecule has 1 N–H and O–H groups in total. The van der Waals surface area contributed by atoms with Gasteiger partial charge >= 0.3 is 0 Å². The Hall–Kier alpha value is -0.430. The third-order valence-electron chi connectivity index (χ3n) is 2.11. The normalized spacial score (nSPS) is 10.7. The van der Waals surface area contributed by atoms with E-state index in [1.165, 1.54) is 10.5 Å². The number of nitrogens with zero attached hydrogens (tertiary/aromatic N) is 2. The van der Waals surface area contributed by atoms with Crippen LogP contribution in [0.25, 0.3) is 0 Å². The lowest BCUT2D eigenvalue weighted by Gasteiger charge is -2.06. The second-order valence-electron chi connectivity index (χ2n) is 3.35. The van der Waals surface area contributed by atoms with Gasteiger partial charge in [0.1, 0.15) is 5.51 Å². The van der Waals surface area contributed by atoms with Gasteiger partial charge in [0.2, 0.25) is 0 Å². The molecular weight excluding hydrogens is 318 g/mol. The Balaban J connectivity index is 2.09. The van der Waals surface area contributed by atoms with Gasteiger partial charge in [-0.1, -0.05) is 36.1 Å². The van der Waals surface area contributed by atoms with E-state index in [4.69, 9.17) is 0 Å². The summed E-state index contributed by atoms with van der Waals surface area (Å²) in [6.07, 6.45) is 0. The van der Waals surface area contributed by atoms with E-state index in [2.05, 4.69) is 56.6 Å². The van der Waals surface area contributed by atoms with Gasteiger partial charge in [-0.15, -0.1) is 10.2 Å². The van der Waals surface area contributed by atoms with Gasteiger partial charge in [0, 0.05) is 15.9 Å². The third kappa shape index (κ3) is 3.77. The molecule has 0 aliphatic heterocycles. The van der Waals surface area contributed by atoms with E-state index in [9.17, 15) is 0 Å². The van der Waals surface area contributed by atoms with Crippen LogP contribution in [0.4, 0.5) is 0 Å². The summed E-state index contributed by atoms with van der Waals surface area (Å²) in [5.41, 5.74) is 3.02. The largest absolute Gasteiger partial charge is 0.313 e. The number of halogens is 1. The Morgan fingerprint density at radius 3 is 3.00 bits per heavy atom. The van der Waals surface area contributed by atoms with E-state index in [-0.39, 0.29) is 0 Å². The third-order valence-corrected chi connectivity index (χ3v) is 4.89. The van der Waals surface area contributed by atoms with Crippen LogP contribution in [-0.4, -0.2) is 16.7 Å². The fraction of sp³-hybridized carbons (Fsp3) is 0.273. The van der Waals surface area contributed by atoms with Gasteiger partial charge in [0.05, 0.1) is 0 Å². The highest BCUT2D eigenvalue weighted by atomic mass is 79.9. The first-order chi connectivity index (χ1) is 8.29. The number of rotatable bonds is 5. The summed E-state index contributed by atoms with van der Waals surface area (Å²) in [6, 6.07) is 6.39. The monoisotopic (exact) mass is 329 g/mol. The maximum atomic E-state index is 4.02. The molecule has 0 saturated heterocycles. The van der Waals surface area contributed by atoms with Gasteiger partial charge < -0.3 is 5.32 Å². The zero-order valence-electron chi connectivity index (χ0n) is 9.31. The molecule has 1 aromatic heterocycles. The molecule has 0 aliphatic carbocycles. The molecular formula is C11H12BrN3S2. The number of aromatic nitrogens is 2. The fourth-order valence-corrected chi connectivity index (χ4v) is 3.42. The number of hydrogen-bond donors (Lipinski definition) is 1. The second-order valence-corrected chi connectivity index (χ2v) is 6.33. The topological polar surface area (TPSA) is 37.8 Å². The predicted octanol–water partition coefficient (Wildman–Crippen LogP) is 3.56. The van der Waals surface area contributed by atoms with E-state index in [1.54, 1.807) is 28.6 Å². The standard InChI is InChI=1S/C11H12BrN3S2/c1-2-13-6-8-3-4-10(9(12)5-8)17-11-15-14-7-16-11/h3-5,7,13H,2,6H2,1H3. The smallest absolute Gasteiger partial charge is 0.178 e. The van der Waals surface area contributed by atoms with Gasteiger partial charge in [-0.05, 0) is 40.2 Å². The molecule has 90 valence electrons. The molecule has 2 aromatic rings. The van der Waals surface area contributed by atoms with E-state index >= 15 is 0 Å². The van der Waals surface area contributed by atoms with Crippen LogP contribution >= 0.6 is 39.0 Å².